The molecule has 0 amide bonds. The van der Waals surface area contributed by atoms with Crippen LogP contribution in [0.4, 0.5) is 5.95 Å². The second-order valence-corrected chi connectivity index (χ2v) is 6.59. The highest BCUT2D eigenvalue weighted by Gasteiger charge is 2.08. The Hall–Kier alpha value is -2.81. The second kappa shape index (κ2) is 6.00. The van der Waals surface area contributed by atoms with Gasteiger partial charge in [0.2, 0.25) is 5.95 Å². The number of imidazole rings is 1. The van der Waals surface area contributed by atoms with E-state index in [1.165, 1.54) is 0 Å². The third-order valence-corrected chi connectivity index (χ3v) is 4.14. The summed E-state index contributed by atoms with van der Waals surface area (Å²) in [7, 11) is 0. The Kier molecular flexibility index (Phi) is 3.69. The van der Waals surface area contributed by atoms with Gasteiger partial charge in [-0.15, -0.1) is 16.4 Å². The minimum Gasteiger partial charge on any atom is -0.352 e. The van der Waals surface area contributed by atoms with Crippen molar-refractivity contribution in [2.24, 2.45) is 0 Å². The van der Waals surface area contributed by atoms with Crippen molar-refractivity contribution in [1.82, 2.24) is 34.3 Å². The van der Waals surface area contributed by atoms with Gasteiger partial charge in [0.05, 0.1) is 18.4 Å². The Morgan fingerprint density at radius 3 is 2.79 bits per heavy atom. The molecule has 24 heavy (non-hydrogen) atoms. The largest absolute Gasteiger partial charge is 0.352 e. The zero-order valence-electron chi connectivity index (χ0n) is 13.3. The monoisotopic (exact) mass is 340 g/mol. The van der Waals surface area contributed by atoms with Crippen LogP contribution in [0.15, 0.2) is 36.4 Å². The predicted molar refractivity (Wildman–Crippen MR) is 92.0 cm³/mol. The maximum absolute atomic E-state index is 4.55. The summed E-state index contributed by atoms with van der Waals surface area (Å²) >= 11 is 1.61. The highest BCUT2D eigenvalue weighted by atomic mass is 32.1. The Morgan fingerprint density at radius 2 is 2.04 bits per heavy atom. The second-order valence-electron chi connectivity index (χ2n) is 5.72. The van der Waals surface area contributed by atoms with Gasteiger partial charge in [-0.1, -0.05) is 5.21 Å². The quantitative estimate of drug-likeness (QED) is 0.600. The lowest BCUT2D eigenvalue weighted by Crippen LogP contribution is -2.12. The third-order valence-electron chi connectivity index (χ3n) is 3.37. The molecule has 0 fully saturated rings. The van der Waals surface area contributed by atoms with E-state index in [4.69, 9.17) is 0 Å². The Bertz CT molecular complexity index is 921. The van der Waals surface area contributed by atoms with E-state index in [9.17, 15) is 0 Å². The van der Waals surface area contributed by atoms with Gasteiger partial charge in [-0.2, -0.15) is 0 Å². The van der Waals surface area contributed by atoms with Crippen LogP contribution in [0.2, 0.25) is 0 Å². The van der Waals surface area contributed by atoms with Gasteiger partial charge >= 0.3 is 0 Å². The molecule has 0 saturated carbocycles. The first-order chi connectivity index (χ1) is 11.7. The summed E-state index contributed by atoms with van der Waals surface area (Å²) in [6.07, 6.45) is 9.37. The van der Waals surface area contributed by atoms with Crippen LogP contribution in [0.5, 0.6) is 0 Å². The zero-order chi connectivity index (χ0) is 16.5. The highest BCUT2D eigenvalue weighted by molar-refractivity contribution is 7.15. The number of hydrogen-bond donors (Lipinski definition) is 1. The number of nitrogens with one attached hydrogen (secondary N) is 1. The molecule has 0 aromatic carbocycles. The molecule has 0 spiro atoms. The molecule has 4 heterocycles. The Morgan fingerprint density at radius 1 is 1.21 bits per heavy atom. The van der Waals surface area contributed by atoms with Gasteiger partial charge < -0.3 is 5.32 Å². The minimum absolute atomic E-state index is 0.293. The van der Waals surface area contributed by atoms with Crippen molar-refractivity contribution >= 4 is 22.2 Å². The first-order valence-corrected chi connectivity index (χ1v) is 8.45. The molecule has 122 valence electrons. The molecule has 4 aromatic heterocycles. The average molecular weight is 340 g/mol. The van der Waals surface area contributed by atoms with Crippen molar-refractivity contribution in [2.75, 3.05) is 5.32 Å². The third kappa shape index (κ3) is 2.98. The molecule has 0 bridgehead atoms. The van der Waals surface area contributed by atoms with E-state index in [1.807, 2.05) is 42.2 Å². The van der Waals surface area contributed by atoms with Crippen LogP contribution >= 0.6 is 11.3 Å². The Balaban J connectivity index is 1.50. The van der Waals surface area contributed by atoms with Crippen molar-refractivity contribution in [3.63, 3.8) is 0 Å². The van der Waals surface area contributed by atoms with Gasteiger partial charge in [0.15, 0.2) is 4.96 Å². The number of thiazole rings is 1. The van der Waals surface area contributed by atoms with Gasteiger partial charge in [-0.3, -0.25) is 4.40 Å². The first-order valence-electron chi connectivity index (χ1n) is 7.57. The summed E-state index contributed by atoms with van der Waals surface area (Å²) in [5.41, 5.74) is 2.53. The van der Waals surface area contributed by atoms with Gasteiger partial charge in [0, 0.05) is 41.8 Å². The van der Waals surface area contributed by atoms with Gasteiger partial charge in [-0.25, -0.2) is 19.6 Å². The normalized spacial score (nSPS) is 11.5. The molecule has 0 atom stereocenters. The number of fused-ring (bicyclic) bond motifs is 1. The van der Waals surface area contributed by atoms with Crippen molar-refractivity contribution < 1.29 is 0 Å². The smallest absolute Gasteiger partial charge is 0.222 e. The lowest BCUT2D eigenvalue weighted by atomic mass is 10.3. The van der Waals surface area contributed by atoms with Crippen molar-refractivity contribution in [1.29, 1.82) is 0 Å². The molecule has 0 aliphatic heterocycles. The molecule has 8 nitrogen and oxygen atoms in total. The van der Waals surface area contributed by atoms with E-state index < -0.39 is 0 Å². The number of anilines is 1. The van der Waals surface area contributed by atoms with E-state index >= 15 is 0 Å². The zero-order valence-corrected chi connectivity index (χ0v) is 14.1. The van der Waals surface area contributed by atoms with Gasteiger partial charge in [0.25, 0.3) is 0 Å². The van der Waals surface area contributed by atoms with Crippen LogP contribution in [0.1, 0.15) is 19.5 Å². The molecule has 9 heteroatoms. The molecule has 4 aromatic rings. The molecule has 0 radical (unpaired) electrons. The molecule has 0 aliphatic carbocycles. The van der Waals surface area contributed by atoms with Crippen LogP contribution in [0.25, 0.3) is 16.2 Å². The highest BCUT2D eigenvalue weighted by Crippen LogP contribution is 2.16. The van der Waals surface area contributed by atoms with E-state index in [-0.39, 0.29) is 0 Å². The fraction of sp³-hybridized carbons (Fsp3) is 0.267. The SMILES string of the molecule is CC(C)Nc1ncc(-c2cn(Cc3cn4ccsc4n3)nn2)cn1. The number of aromatic nitrogens is 7. The summed E-state index contributed by atoms with van der Waals surface area (Å²) < 4.78 is 3.77. The molecule has 4 rings (SSSR count). The van der Waals surface area contributed by atoms with Crippen LogP contribution in [-0.4, -0.2) is 40.4 Å². The minimum atomic E-state index is 0.293. The number of nitrogens with zero attached hydrogens (tertiary/aromatic N) is 7. The molecule has 0 aliphatic rings. The predicted octanol–water partition coefficient (Wildman–Crippen LogP) is 2.31. The van der Waals surface area contributed by atoms with Gasteiger partial charge in [0.1, 0.15) is 5.69 Å². The van der Waals surface area contributed by atoms with Crippen molar-refractivity contribution in [2.45, 2.75) is 26.4 Å². The van der Waals surface area contributed by atoms with Crippen molar-refractivity contribution in [3.05, 3.63) is 42.1 Å². The van der Waals surface area contributed by atoms with E-state index in [2.05, 4.69) is 30.6 Å². The van der Waals surface area contributed by atoms with E-state index in [0.29, 0.717) is 18.5 Å². The molecule has 1 N–H and O–H groups in total. The van der Waals surface area contributed by atoms with Crippen molar-refractivity contribution in [3.8, 4) is 11.3 Å². The number of rotatable bonds is 5. The Labute approximate surface area is 142 Å². The topological polar surface area (TPSA) is 85.8 Å². The summed E-state index contributed by atoms with van der Waals surface area (Å²) in [6, 6.07) is 0.293. The van der Waals surface area contributed by atoms with E-state index in [1.54, 1.807) is 28.4 Å². The summed E-state index contributed by atoms with van der Waals surface area (Å²) in [5.74, 6) is 0.610. The van der Waals surface area contributed by atoms with Gasteiger partial charge in [-0.05, 0) is 13.8 Å². The first kappa shape index (κ1) is 14.8. The van der Waals surface area contributed by atoms with Crippen LogP contribution in [0, 0.1) is 0 Å². The summed E-state index contributed by atoms with van der Waals surface area (Å²) in [6.45, 7) is 4.67. The fourth-order valence-corrected chi connectivity index (χ4v) is 3.04. The molecule has 0 unspecified atom stereocenters. The molecule has 0 saturated heterocycles. The summed E-state index contributed by atoms with van der Waals surface area (Å²) in [4.78, 5) is 14.1. The summed E-state index contributed by atoms with van der Waals surface area (Å²) in [5, 5.41) is 13.5. The molecular weight excluding hydrogens is 324 g/mol. The molecular formula is C15H16N8S. The van der Waals surface area contributed by atoms with E-state index in [0.717, 1.165) is 21.9 Å². The number of hydrogen-bond acceptors (Lipinski definition) is 7. The standard InChI is InChI=1S/C15H16N8S/c1-10(2)18-14-16-5-11(6-17-14)13-9-23(21-20-13)8-12-7-22-3-4-24-15(22)19-12/h3-7,9-10H,8H2,1-2H3,(H,16,17,18). The maximum Gasteiger partial charge on any atom is 0.222 e. The maximum atomic E-state index is 4.55. The lowest BCUT2D eigenvalue weighted by Gasteiger charge is -2.07. The fourth-order valence-electron chi connectivity index (χ4n) is 2.32. The van der Waals surface area contributed by atoms with Crippen LogP contribution in [0.3, 0.4) is 0 Å². The van der Waals surface area contributed by atoms with Crippen LogP contribution < -0.4 is 5.32 Å². The van der Waals surface area contributed by atoms with Crippen LogP contribution in [-0.2, 0) is 6.54 Å². The average Bonchev–Trinajstić information content (AvgIpc) is 3.24. The lowest BCUT2D eigenvalue weighted by molar-refractivity contribution is 0.641.